The van der Waals surface area contributed by atoms with Crippen molar-refractivity contribution >= 4 is 51.6 Å². The number of amides is 2. The van der Waals surface area contributed by atoms with E-state index in [1.165, 1.54) is 12.1 Å². The molecular formula is C21H18Cl2N4O4. The van der Waals surface area contributed by atoms with Gasteiger partial charge in [0.25, 0.3) is 11.6 Å². The standard InChI is InChI=1S/C21H18Cl2N4O4/c22-16-9-15(10-17(23)12-16)21(29)25-7-5-24(6-8-25)20(28)13-26-4-3-14-11-18(27(30)31)1-2-19(14)26/h1-4,9-12H,5-8,13H2. The molecule has 1 fully saturated rings. The molecule has 0 saturated carbocycles. The molecule has 0 unspecified atom stereocenters. The fraction of sp³-hybridized carbons (Fsp3) is 0.238. The predicted octanol–water partition coefficient (Wildman–Crippen LogP) is 3.84. The molecule has 1 aromatic heterocycles. The van der Waals surface area contributed by atoms with Crippen molar-refractivity contribution in [1.82, 2.24) is 14.4 Å². The summed E-state index contributed by atoms with van der Waals surface area (Å²) in [5.74, 6) is -0.247. The van der Waals surface area contributed by atoms with Crippen LogP contribution in [0.3, 0.4) is 0 Å². The minimum atomic E-state index is -0.444. The normalized spacial score (nSPS) is 14.1. The lowest BCUT2D eigenvalue weighted by Gasteiger charge is -2.35. The van der Waals surface area contributed by atoms with Crippen molar-refractivity contribution in [2.24, 2.45) is 0 Å². The first-order valence-corrected chi connectivity index (χ1v) is 10.3. The quantitative estimate of drug-likeness (QED) is 0.436. The predicted molar refractivity (Wildman–Crippen MR) is 118 cm³/mol. The number of nitro groups is 1. The van der Waals surface area contributed by atoms with Gasteiger partial charge in [-0.15, -0.1) is 0 Å². The molecule has 2 aromatic carbocycles. The Hall–Kier alpha value is -3.10. The molecule has 0 aliphatic carbocycles. The van der Waals surface area contributed by atoms with Gasteiger partial charge in [0.15, 0.2) is 0 Å². The maximum atomic E-state index is 12.8. The fourth-order valence-corrected chi connectivity index (χ4v) is 4.23. The number of fused-ring (bicyclic) bond motifs is 1. The van der Waals surface area contributed by atoms with Crippen molar-refractivity contribution in [3.8, 4) is 0 Å². The highest BCUT2D eigenvalue weighted by Crippen LogP contribution is 2.23. The van der Waals surface area contributed by atoms with E-state index in [-0.39, 0.29) is 24.0 Å². The molecule has 0 atom stereocenters. The Balaban J connectivity index is 1.39. The second kappa shape index (κ2) is 8.56. The van der Waals surface area contributed by atoms with Gasteiger partial charge in [0.05, 0.1) is 4.92 Å². The minimum absolute atomic E-state index is 0.0124. The number of nitro benzene ring substituents is 1. The zero-order valence-corrected chi connectivity index (χ0v) is 17.8. The first-order valence-electron chi connectivity index (χ1n) is 9.58. The number of nitrogens with zero attached hydrogens (tertiary/aromatic N) is 4. The van der Waals surface area contributed by atoms with Gasteiger partial charge in [-0.2, -0.15) is 0 Å². The van der Waals surface area contributed by atoms with Crippen LogP contribution in [0.15, 0.2) is 48.7 Å². The molecule has 31 heavy (non-hydrogen) atoms. The van der Waals surface area contributed by atoms with Gasteiger partial charge < -0.3 is 14.4 Å². The lowest BCUT2D eigenvalue weighted by molar-refractivity contribution is -0.384. The summed E-state index contributed by atoms with van der Waals surface area (Å²) in [4.78, 5) is 39.4. The van der Waals surface area contributed by atoms with E-state index in [4.69, 9.17) is 23.2 Å². The van der Waals surface area contributed by atoms with E-state index in [2.05, 4.69) is 0 Å². The monoisotopic (exact) mass is 460 g/mol. The van der Waals surface area contributed by atoms with Gasteiger partial charge in [-0.25, -0.2) is 0 Å². The van der Waals surface area contributed by atoms with Crippen LogP contribution < -0.4 is 0 Å². The smallest absolute Gasteiger partial charge is 0.270 e. The molecule has 0 spiro atoms. The summed E-state index contributed by atoms with van der Waals surface area (Å²) in [6.45, 7) is 1.78. The van der Waals surface area contributed by atoms with Crippen molar-refractivity contribution in [3.05, 3.63) is 74.4 Å². The van der Waals surface area contributed by atoms with E-state index in [9.17, 15) is 19.7 Å². The molecule has 0 bridgehead atoms. The van der Waals surface area contributed by atoms with Gasteiger partial charge in [-0.3, -0.25) is 19.7 Å². The topological polar surface area (TPSA) is 88.7 Å². The van der Waals surface area contributed by atoms with Crippen molar-refractivity contribution in [2.45, 2.75) is 6.54 Å². The molecule has 1 saturated heterocycles. The second-order valence-corrected chi connectivity index (χ2v) is 8.15. The van der Waals surface area contributed by atoms with Crippen LogP contribution in [0.5, 0.6) is 0 Å². The Morgan fingerprint density at radius 1 is 0.935 bits per heavy atom. The number of carbonyl (C=O) groups excluding carboxylic acids is 2. The zero-order chi connectivity index (χ0) is 22.1. The molecule has 0 radical (unpaired) electrons. The van der Waals surface area contributed by atoms with Crippen LogP contribution in [0.4, 0.5) is 5.69 Å². The summed E-state index contributed by atoms with van der Waals surface area (Å²) >= 11 is 12.0. The van der Waals surface area contributed by atoms with E-state index in [1.807, 2.05) is 0 Å². The molecule has 10 heteroatoms. The number of aromatic nitrogens is 1. The first-order chi connectivity index (χ1) is 14.8. The molecule has 1 aliphatic heterocycles. The van der Waals surface area contributed by atoms with Gasteiger partial charge >= 0.3 is 0 Å². The van der Waals surface area contributed by atoms with E-state index in [1.54, 1.807) is 50.9 Å². The van der Waals surface area contributed by atoms with E-state index in [0.717, 1.165) is 5.52 Å². The lowest BCUT2D eigenvalue weighted by Crippen LogP contribution is -2.51. The number of hydrogen-bond acceptors (Lipinski definition) is 4. The molecule has 2 amide bonds. The van der Waals surface area contributed by atoms with Crippen LogP contribution in [-0.4, -0.2) is 57.3 Å². The van der Waals surface area contributed by atoms with Crippen LogP contribution in [0, 0.1) is 10.1 Å². The molecule has 8 nitrogen and oxygen atoms in total. The Morgan fingerprint density at radius 3 is 2.23 bits per heavy atom. The Labute approximate surface area is 187 Å². The molecule has 3 aromatic rings. The van der Waals surface area contributed by atoms with Crippen molar-refractivity contribution in [1.29, 1.82) is 0 Å². The Kier molecular flexibility index (Phi) is 5.84. The minimum Gasteiger partial charge on any atom is -0.338 e. The van der Waals surface area contributed by atoms with E-state index in [0.29, 0.717) is 47.2 Å². The summed E-state index contributed by atoms with van der Waals surface area (Å²) in [6.07, 6.45) is 1.74. The van der Waals surface area contributed by atoms with Gasteiger partial charge in [0.1, 0.15) is 6.54 Å². The maximum absolute atomic E-state index is 12.8. The third-order valence-electron chi connectivity index (χ3n) is 5.30. The average Bonchev–Trinajstić information content (AvgIpc) is 3.14. The third kappa shape index (κ3) is 4.50. The van der Waals surface area contributed by atoms with Gasteiger partial charge in [-0.1, -0.05) is 23.2 Å². The van der Waals surface area contributed by atoms with Crippen LogP contribution in [0.2, 0.25) is 10.0 Å². The Bertz CT molecular complexity index is 1170. The third-order valence-corrected chi connectivity index (χ3v) is 5.74. The summed E-state index contributed by atoms with van der Waals surface area (Å²) in [6, 6.07) is 11.0. The van der Waals surface area contributed by atoms with Gasteiger partial charge in [0.2, 0.25) is 5.91 Å². The van der Waals surface area contributed by atoms with Gasteiger partial charge in [-0.05, 0) is 30.3 Å². The van der Waals surface area contributed by atoms with E-state index >= 15 is 0 Å². The highest BCUT2D eigenvalue weighted by Gasteiger charge is 2.25. The number of rotatable bonds is 4. The Morgan fingerprint density at radius 2 is 1.58 bits per heavy atom. The largest absolute Gasteiger partial charge is 0.338 e. The maximum Gasteiger partial charge on any atom is 0.270 e. The molecule has 2 heterocycles. The van der Waals surface area contributed by atoms with E-state index < -0.39 is 4.92 Å². The number of halogens is 2. The van der Waals surface area contributed by atoms with Crippen molar-refractivity contribution in [3.63, 3.8) is 0 Å². The molecule has 4 rings (SSSR count). The summed E-state index contributed by atoms with van der Waals surface area (Å²) in [5, 5.41) is 12.4. The number of hydrogen-bond donors (Lipinski definition) is 0. The molecular weight excluding hydrogens is 443 g/mol. The number of non-ortho nitro benzene ring substituents is 1. The zero-order valence-electron chi connectivity index (χ0n) is 16.3. The SMILES string of the molecule is O=C(Cn1ccc2cc([N+](=O)[O-])ccc21)N1CCN(C(=O)c2cc(Cl)cc(Cl)c2)CC1. The van der Waals surface area contributed by atoms with Crippen LogP contribution in [0.25, 0.3) is 10.9 Å². The first kappa shape index (κ1) is 21.1. The van der Waals surface area contributed by atoms with Crippen LogP contribution >= 0.6 is 23.2 Å². The van der Waals surface area contributed by atoms with Crippen LogP contribution in [-0.2, 0) is 11.3 Å². The van der Waals surface area contributed by atoms with Crippen LogP contribution in [0.1, 0.15) is 10.4 Å². The lowest BCUT2D eigenvalue weighted by atomic mass is 10.2. The summed E-state index contributed by atoms with van der Waals surface area (Å²) < 4.78 is 1.77. The molecule has 1 aliphatic rings. The van der Waals surface area contributed by atoms with Crippen molar-refractivity contribution in [2.75, 3.05) is 26.2 Å². The van der Waals surface area contributed by atoms with Gasteiger partial charge in [0, 0.05) is 71.0 Å². The average molecular weight is 461 g/mol. The molecule has 160 valence electrons. The summed E-state index contributed by atoms with van der Waals surface area (Å²) in [5.41, 5.74) is 1.19. The summed E-state index contributed by atoms with van der Waals surface area (Å²) in [7, 11) is 0. The highest BCUT2D eigenvalue weighted by molar-refractivity contribution is 6.35. The fourth-order valence-electron chi connectivity index (χ4n) is 3.70. The molecule has 0 N–H and O–H groups in total. The number of benzene rings is 2. The number of carbonyl (C=O) groups is 2. The second-order valence-electron chi connectivity index (χ2n) is 7.27. The van der Waals surface area contributed by atoms with Crippen molar-refractivity contribution < 1.29 is 14.5 Å². The number of piperazine rings is 1. The highest BCUT2D eigenvalue weighted by atomic mass is 35.5.